The number of nitrogens with zero attached hydrogens (tertiary/aromatic N) is 1. The topological polar surface area (TPSA) is 57.6 Å². The van der Waals surface area contributed by atoms with Gasteiger partial charge in [0, 0.05) is 0 Å². The van der Waals surface area contributed by atoms with Crippen LogP contribution in [0, 0.1) is 11.6 Å². The molecule has 0 aromatic heterocycles. The van der Waals surface area contributed by atoms with Gasteiger partial charge >= 0.3 is 0 Å². The lowest BCUT2D eigenvalue weighted by atomic mass is 10.1. The van der Waals surface area contributed by atoms with E-state index < -0.39 is 29.0 Å². The summed E-state index contributed by atoms with van der Waals surface area (Å²) < 4.78 is 25.7. The van der Waals surface area contributed by atoms with Crippen molar-refractivity contribution in [2.75, 3.05) is 0 Å². The number of fused-ring (bicyclic) bond motifs is 1. The zero-order chi connectivity index (χ0) is 10.5. The maximum Gasteiger partial charge on any atom is 0.288 e. The van der Waals surface area contributed by atoms with Gasteiger partial charge < -0.3 is 0 Å². The van der Waals surface area contributed by atoms with Gasteiger partial charge in [0.15, 0.2) is 11.6 Å². The Morgan fingerprint density at radius 2 is 1.79 bits per heavy atom. The number of carbonyl (C=O) groups excluding carboxylic acids is 2. The Kier molecular flexibility index (Phi) is 1.62. The molecule has 0 bridgehead atoms. The second-order valence-electron chi connectivity index (χ2n) is 2.71. The van der Waals surface area contributed by atoms with E-state index in [0.29, 0.717) is 0 Å². The number of amides is 2. The molecule has 0 saturated heterocycles. The summed E-state index contributed by atoms with van der Waals surface area (Å²) in [5.41, 5.74) is -1.06. The largest absolute Gasteiger partial charge is 0.288 e. The maximum absolute atomic E-state index is 13.0. The monoisotopic (exact) mass is 199 g/mol. The van der Waals surface area contributed by atoms with Crippen molar-refractivity contribution in [2.45, 2.75) is 0 Å². The molecule has 6 heteroatoms. The normalized spacial score (nSPS) is 14.9. The average Bonchev–Trinajstić information content (AvgIpc) is 2.38. The van der Waals surface area contributed by atoms with Gasteiger partial charge in [0.2, 0.25) is 0 Å². The average molecular weight is 199 g/mol. The standard InChI is InChI=1S/C8H3F2NO3/c9-4-2-1-3-5(6(4)10)8(13)11(14)7(3)12/h1-2,14H. The van der Waals surface area contributed by atoms with E-state index in [-0.39, 0.29) is 10.6 Å². The van der Waals surface area contributed by atoms with Crippen LogP contribution < -0.4 is 0 Å². The summed E-state index contributed by atoms with van der Waals surface area (Å²) >= 11 is 0. The Bertz CT molecular complexity index is 458. The SMILES string of the molecule is O=C1c2ccc(F)c(F)c2C(=O)N1O. The fraction of sp³-hybridized carbons (Fsp3) is 0. The highest BCUT2D eigenvalue weighted by Gasteiger charge is 2.38. The molecule has 72 valence electrons. The molecule has 2 rings (SSSR count). The molecular formula is C8H3F2NO3. The van der Waals surface area contributed by atoms with E-state index in [0.717, 1.165) is 12.1 Å². The minimum atomic E-state index is -1.42. The van der Waals surface area contributed by atoms with Crippen LogP contribution in [0.25, 0.3) is 0 Å². The van der Waals surface area contributed by atoms with Crippen LogP contribution in [0.1, 0.15) is 20.7 Å². The molecule has 0 spiro atoms. The van der Waals surface area contributed by atoms with Gasteiger partial charge in [0.1, 0.15) is 0 Å². The van der Waals surface area contributed by atoms with Crippen molar-refractivity contribution in [3.05, 3.63) is 34.9 Å². The van der Waals surface area contributed by atoms with Gasteiger partial charge in [-0.05, 0) is 12.1 Å². The van der Waals surface area contributed by atoms with Crippen LogP contribution in [0.4, 0.5) is 8.78 Å². The second-order valence-corrected chi connectivity index (χ2v) is 2.71. The lowest BCUT2D eigenvalue weighted by Crippen LogP contribution is -2.25. The van der Waals surface area contributed by atoms with E-state index >= 15 is 0 Å². The summed E-state index contributed by atoms with van der Waals surface area (Å²) in [5.74, 6) is -4.96. The Labute approximate surface area is 76.3 Å². The first-order valence-corrected chi connectivity index (χ1v) is 3.59. The zero-order valence-corrected chi connectivity index (χ0v) is 6.62. The third-order valence-corrected chi connectivity index (χ3v) is 1.92. The lowest BCUT2D eigenvalue weighted by Gasteiger charge is -2.00. The van der Waals surface area contributed by atoms with Crippen molar-refractivity contribution < 1.29 is 23.6 Å². The zero-order valence-electron chi connectivity index (χ0n) is 6.62. The number of imide groups is 1. The fourth-order valence-corrected chi connectivity index (χ4v) is 1.25. The number of benzene rings is 1. The van der Waals surface area contributed by atoms with Crippen LogP contribution in [0.5, 0.6) is 0 Å². The van der Waals surface area contributed by atoms with E-state index in [1.807, 2.05) is 0 Å². The van der Waals surface area contributed by atoms with Crippen LogP contribution in [0.3, 0.4) is 0 Å². The van der Waals surface area contributed by atoms with Crippen molar-refractivity contribution in [3.8, 4) is 0 Å². The van der Waals surface area contributed by atoms with Gasteiger partial charge in [0.05, 0.1) is 11.1 Å². The molecule has 1 heterocycles. The Morgan fingerprint density at radius 1 is 1.14 bits per heavy atom. The molecule has 0 unspecified atom stereocenters. The van der Waals surface area contributed by atoms with Crippen molar-refractivity contribution in [1.82, 2.24) is 5.06 Å². The lowest BCUT2D eigenvalue weighted by molar-refractivity contribution is -0.0328. The fourth-order valence-electron chi connectivity index (χ4n) is 1.25. The third kappa shape index (κ3) is 0.882. The molecule has 1 aromatic carbocycles. The summed E-state index contributed by atoms with van der Waals surface area (Å²) in [6.45, 7) is 0. The summed E-state index contributed by atoms with van der Waals surface area (Å²) in [7, 11) is 0. The molecule has 1 aromatic rings. The molecular weight excluding hydrogens is 196 g/mol. The van der Waals surface area contributed by atoms with Crippen molar-refractivity contribution in [1.29, 1.82) is 0 Å². The van der Waals surface area contributed by atoms with E-state index in [1.165, 1.54) is 0 Å². The molecule has 4 nitrogen and oxygen atoms in total. The predicted octanol–water partition coefficient (Wildman–Crippen LogP) is 0.950. The Hall–Kier alpha value is -1.82. The molecule has 1 N–H and O–H groups in total. The summed E-state index contributed by atoms with van der Waals surface area (Å²) in [5, 5.41) is 8.61. The van der Waals surface area contributed by atoms with E-state index in [2.05, 4.69) is 0 Å². The summed E-state index contributed by atoms with van der Waals surface area (Å²) in [4.78, 5) is 22.1. The number of hydroxylamine groups is 2. The molecule has 1 aliphatic heterocycles. The first kappa shape index (κ1) is 8.76. The number of hydrogen-bond acceptors (Lipinski definition) is 3. The highest BCUT2D eigenvalue weighted by molar-refractivity contribution is 6.20. The first-order valence-electron chi connectivity index (χ1n) is 3.59. The molecule has 0 radical (unpaired) electrons. The van der Waals surface area contributed by atoms with Crippen molar-refractivity contribution in [2.24, 2.45) is 0 Å². The van der Waals surface area contributed by atoms with Gasteiger partial charge in [-0.2, -0.15) is 0 Å². The number of halogens is 2. The van der Waals surface area contributed by atoms with E-state index in [1.54, 1.807) is 0 Å². The first-order chi connectivity index (χ1) is 6.54. The van der Waals surface area contributed by atoms with Crippen LogP contribution in [0.2, 0.25) is 0 Å². The van der Waals surface area contributed by atoms with E-state index in [9.17, 15) is 18.4 Å². The number of carbonyl (C=O) groups is 2. The molecule has 0 aliphatic carbocycles. The molecule has 0 atom stereocenters. The summed E-state index contributed by atoms with van der Waals surface area (Å²) in [6, 6.07) is 1.67. The highest BCUT2D eigenvalue weighted by Crippen LogP contribution is 2.25. The highest BCUT2D eigenvalue weighted by atomic mass is 19.2. The second kappa shape index (κ2) is 2.58. The van der Waals surface area contributed by atoms with Crippen LogP contribution in [-0.4, -0.2) is 22.1 Å². The smallest absolute Gasteiger partial charge is 0.278 e. The minimum absolute atomic E-state index is 0.243. The quantitative estimate of drug-likeness (QED) is 0.499. The van der Waals surface area contributed by atoms with Gasteiger partial charge in [0.25, 0.3) is 11.8 Å². The maximum atomic E-state index is 13.0. The van der Waals surface area contributed by atoms with Gasteiger partial charge in [-0.1, -0.05) is 0 Å². The van der Waals surface area contributed by atoms with Crippen molar-refractivity contribution >= 4 is 11.8 Å². The Morgan fingerprint density at radius 3 is 2.43 bits per heavy atom. The molecule has 0 fully saturated rings. The minimum Gasteiger partial charge on any atom is -0.278 e. The van der Waals surface area contributed by atoms with Crippen molar-refractivity contribution in [3.63, 3.8) is 0 Å². The van der Waals surface area contributed by atoms with E-state index in [4.69, 9.17) is 5.21 Å². The molecule has 0 saturated carbocycles. The number of rotatable bonds is 0. The van der Waals surface area contributed by atoms with Crippen LogP contribution >= 0.6 is 0 Å². The van der Waals surface area contributed by atoms with Gasteiger partial charge in [-0.25, -0.2) is 8.78 Å². The third-order valence-electron chi connectivity index (χ3n) is 1.92. The summed E-state index contributed by atoms with van der Waals surface area (Å²) in [6.07, 6.45) is 0. The molecule has 2 amide bonds. The molecule has 1 aliphatic rings. The van der Waals surface area contributed by atoms with Crippen LogP contribution in [0.15, 0.2) is 12.1 Å². The van der Waals surface area contributed by atoms with Gasteiger partial charge in [-0.3, -0.25) is 14.8 Å². The number of hydrogen-bond donors (Lipinski definition) is 1. The molecule has 14 heavy (non-hydrogen) atoms. The van der Waals surface area contributed by atoms with Crippen LogP contribution in [-0.2, 0) is 0 Å². The predicted molar refractivity (Wildman–Crippen MR) is 38.6 cm³/mol. The Balaban J connectivity index is 2.76. The van der Waals surface area contributed by atoms with Gasteiger partial charge in [-0.15, -0.1) is 5.06 Å².